The van der Waals surface area contributed by atoms with E-state index in [9.17, 15) is 19.2 Å². The summed E-state index contributed by atoms with van der Waals surface area (Å²) in [6.07, 6.45) is 4.77. The van der Waals surface area contributed by atoms with Gasteiger partial charge in [-0.1, -0.05) is 41.9 Å². The number of benzene rings is 3. The molecule has 5 atom stereocenters. The molecule has 4 aliphatic carbocycles. The summed E-state index contributed by atoms with van der Waals surface area (Å²) < 4.78 is 12.8. The molecular weight excluding hydrogens is 604 g/mol. The van der Waals surface area contributed by atoms with Crippen molar-refractivity contribution in [3.05, 3.63) is 110 Å². The van der Waals surface area contributed by atoms with Crippen LogP contribution in [0.5, 0.6) is 0 Å². The summed E-state index contributed by atoms with van der Waals surface area (Å²) in [7, 11) is 1.29. The van der Waals surface area contributed by atoms with Crippen molar-refractivity contribution < 1.29 is 23.9 Å². The summed E-state index contributed by atoms with van der Waals surface area (Å²) in [5.74, 6) is 0.112. The molecule has 4 bridgehead atoms. The lowest BCUT2D eigenvalue weighted by Gasteiger charge is -2.59. The fourth-order valence-electron chi connectivity index (χ4n) is 8.56. The van der Waals surface area contributed by atoms with Crippen LogP contribution >= 0.6 is 11.6 Å². The van der Waals surface area contributed by atoms with E-state index in [0.29, 0.717) is 44.9 Å². The van der Waals surface area contributed by atoms with E-state index in [2.05, 4.69) is 5.32 Å². The Morgan fingerprint density at radius 1 is 0.957 bits per heavy atom. The standard InChI is InChI=1S/C37H35ClN2O6/c1-21(41)46-37-18-23-14-25(19-37)32(26(15-23)20-37)39-35(43)24-10-8-22(9-11-24)16-30-33(36(44)45-2)40(28-6-4-3-5-7-28)31-17-27(38)12-13-29(31)34(30)42/h3-13,17,23,25-26,32H,14-16,18-20H2,1-2H3,(H,39,43)/t23?,25-,26+,32?,37?. The van der Waals surface area contributed by atoms with Crippen molar-refractivity contribution in [1.29, 1.82) is 0 Å². The lowest BCUT2D eigenvalue weighted by atomic mass is 9.52. The summed E-state index contributed by atoms with van der Waals surface area (Å²) in [4.78, 5) is 52.5. The predicted octanol–water partition coefficient (Wildman–Crippen LogP) is 6.26. The molecule has 9 heteroatoms. The molecule has 3 unspecified atom stereocenters. The number of carbonyl (C=O) groups is 3. The van der Waals surface area contributed by atoms with Crippen molar-refractivity contribution in [2.75, 3.05) is 7.11 Å². The Morgan fingerprint density at radius 3 is 2.30 bits per heavy atom. The summed E-state index contributed by atoms with van der Waals surface area (Å²) >= 11 is 6.35. The molecule has 4 aliphatic rings. The fraction of sp³-hybridized carbons (Fsp3) is 0.351. The lowest BCUT2D eigenvalue weighted by Crippen LogP contribution is -2.62. The highest BCUT2D eigenvalue weighted by molar-refractivity contribution is 6.31. The zero-order chi connectivity index (χ0) is 32.2. The summed E-state index contributed by atoms with van der Waals surface area (Å²) in [6, 6.07) is 21.5. The predicted molar refractivity (Wildman–Crippen MR) is 174 cm³/mol. The molecule has 8 rings (SSSR count). The quantitative estimate of drug-likeness (QED) is 0.240. The number of hydrogen-bond donors (Lipinski definition) is 1. The van der Waals surface area contributed by atoms with Crippen LogP contribution in [0.25, 0.3) is 16.6 Å². The number of nitrogens with one attached hydrogen (secondary N) is 1. The van der Waals surface area contributed by atoms with Gasteiger partial charge in [0.25, 0.3) is 5.91 Å². The zero-order valence-corrected chi connectivity index (χ0v) is 26.5. The number of amides is 1. The third-order valence-corrected chi connectivity index (χ3v) is 10.3. The van der Waals surface area contributed by atoms with Crippen LogP contribution in [0.3, 0.4) is 0 Å². The van der Waals surface area contributed by atoms with Gasteiger partial charge in [0.1, 0.15) is 11.3 Å². The van der Waals surface area contributed by atoms with Gasteiger partial charge in [-0.3, -0.25) is 14.4 Å². The number of aromatic nitrogens is 1. The Kier molecular flexibility index (Phi) is 7.71. The average molecular weight is 639 g/mol. The highest BCUT2D eigenvalue weighted by Gasteiger charge is 2.57. The van der Waals surface area contributed by atoms with Crippen LogP contribution < -0.4 is 10.7 Å². The molecule has 0 spiro atoms. The molecule has 0 radical (unpaired) electrons. The summed E-state index contributed by atoms with van der Waals surface area (Å²) in [5, 5.41) is 4.17. The minimum Gasteiger partial charge on any atom is -0.464 e. The first-order valence-corrected chi connectivity index (χ1v) is 16.1. The molecule has 4 aromatic rings. The number of ether oxygens (including phenoxy) is 2. The highest BCUT2D eigenvalue weighted by atomic mass is 35.5. The Balaban J connectivity index is 1.17. The van der Waals surface area contributed by atoms with Gasteiger partial charge in [0.2, 0.25) is 0 Å². The van der Waals surface area contributed by atoms with Gasteiger partial charge in [-0.15, -0.1) is 0 Å². The van der Waals surface area contributed by atoms with Gasteiger partial charge in [0.15, 0.2) is 5.43 Å². The maximum Gasteiger partial charge on any atom is 0.355 e. The number of carbonyl (C=O) groups excluding carboxylic acids is 3. The smallest absolute Gasteiger partial charge is 0.355 e. The Bertz CT molecular complexity index is 1900. The molecule has 0 aliphatic heterocycles. The maximum atomic E-state index is 13.9. The first-order valence-electron chi connectivity index (χ1n) is 15.7. The second-order valence-electron chi connectivity index (χ2n) is 13.1. The van der Waals surface area contributed by atoms with E-state index in [0.717, 1.165) is 37.7 Å². The summed E-state index contributed by atoms with van der Waals surface area (Å²) in [6.45, 7) is 1.48. The van der Waals surface area contributed by atoms with Gasteiger partial charge in [-0.2, -0.15) is 0 Å². The second kappa shape index (κ2) is 11.7. The van der Waals surface area contributed by atoms with Crippen molar-refractivity contribution >= 4 is 40.3 Å². The van der Waals surface area contributed by atoms with Crippen LogP contribution in [0.2, 0.25) is 5.02 Å². The zero-order valence-electron chi connectivity index (χ0n) is 25.8. The monoisotopic (exact) mass is 638 g/mol. The molecule has 4 saturated carbocycles. The maximum absolute atomic E-state index is 13.9. The number of rotatable bonds is 7. The van der Waals surface area contributed by atoms with Crippen LogP contribution in [-0.2, 0) is 20.7 Å². The van der Waals surface area contributed by atoms with E-state index in [4.69, 9.17) is 21.1 Å². The van der Waals surface area contributed by atoms with Gasteiger partial charge >= 0.3 is 11.9 Å². The van der Waals surface area contributed by atoms with Crippen LogP contribution in [0.1, 0.15) is 71.0 Å². The van der Waals surface area contributed by atoms with Gasteiger partial charge in [0.05, 0.1) is 12.6 Å². The first kappa shape index (κ1) is 30.2. The first-order chi connectivity index (χ1) is 22.1. The summed E-state index contributed by atoms with van der Waals surface area (Å²) in [5.41, 5.74) is 2.24. The third-order valence-electron chi connectivity index (χ3n) is 10.1. The van der Waals surface area contributed by atoms with E-state index in [1.54, 1.807) is 34.9 Å². The largest absolute Gasteiger partial charge is 0.464 e. The molecule has 1 N–H and O–H groups in total. The van der Waals surface area contributed by atoms with E-state index in [1.807, 2.05) is 42.5 Å². The number of fused-ring (bicyclic) bond motifs is 1. The van der Waals surface area contributed by atoms with E-state index in [-0.39, 0.29) is 46.6 Å². The molecule has 4 fully saturated rings. The second-order valence-corrected chi connectivity index (χ2v) is 13.5. The molecule has 46 heavy (non-hydrogen) atoms. The van der Waals surface area contributed by atoms with Crippen molar-refractivity contribution in [3.8, 4) is 5.69 Å². The molecule has 1 aromatic heterocycles. The van der Waals surface area contributed by atoms with Crippen LogP contribution in [0.15, 0.2) is 77.6 Å². The van der Waals surface area contributed by atoms with Crippen molar-refractivity contribution in [3.63, 3.8) is 0 Å². The van der Waals surface area contributed by atoms with Gasteiger partial charge < -0.3 is 19.4 Å². The topological polar surface area (TPSA) is 104 Å². The van der Waals surface area contributed by atoms with Crippen LogP contribution in [0, 0.1) is 17.8 Å². The Morgan fingerprint density at radius 2 is 1.65 bits per heavy atom. The SMILES string of the molecule is COC(=O)c1c(Cc2ccc(C(=O)NC3[C@@H]4CC5C[C@H]3CC(OC(C)=O)(C5)C4)cc2)c(=O)c2ccc(Cl)cc2n1-c1ccccc1. The fourth-order valence-corrected chi connectivity index (χ4v) is 8.72. The van der Waals surface area contributed by atoms with E-state index in [1.165, 1.54) is 14.0 Å². The number of nitrogens with zero attached hydrogens (tertiary/aromatic N) is 1. The number of para-hydroxylation sites is 1. The molecule has 3 aromatic carbocycles. The van der Waals surface area contributed by atoms with Crippen molar-refractivity contribution in [1.82, 2.24) is 9.88 Å². The molecule has 1 heterocycles. The Labute approximate surface area is 271 Å². The Hall–Kier alpha value is -4.43. The normalized spacial score (nSPS) is 24.5. The molecule has 8 nitrogen and oxygen atoms in total. The number of esters is 2. The molecule has 1 amide bonds. The van der Waals surface area contributed by atoms with E-state index < -0.39 is 5.97 Å². The van der Waals surface area contributed by atoms with Gasteiger partial charge in [0, 0.05) is 46.6 Å². The number of pyridine rings is 1. The highest BCUT2D eigenvalue weighted by Crippen LogP contribution is 2.57. The van der Waals surface area contributed by atoms with Crippen LogP contribution in [-0.4, -0.2) is 41.2 Å². The number of hydrogen-bond acceptors (Lipinski definition) is 6. The average Bonchev–Trinajstić information content (AvgIpc) is 3.03. The van der Waals surface area contributed by atoms with Crippen molar-refractivity contribution in [2.45, 2.75) is 57.1 Å². The van der Waals surface area contributed by atoms with Crippen molar-refractivity contribution in [2.24, 2.45) is 17.8 Å². The minimum absolute atomic E-state index is 0.0533. The number of methoxy groups -OCH3 is 1. The minimum atomic E-state index is -0.639. The molecule has 236 valence electrons. The number of halogens is 1. The van der Waals surface area contributed by atoms with Gasteiger partial charge in [-0.05, 0) is 97.9 Å². The van der Waals surface area contributed by atoms with Gasteiger partial charge in [-0.25, -0.2) is 4.79 Å². The van der Waals surface area contributed by atoms with Crippen LogP contribution in [0.4, 0.5) is 0 Å². The lowest BCUT2D eigenvalue weighted by molar-refractivity contribution is -0.188. The van der Waals surface area contributed by atoms with E-state index >= 15 is 0 Å². The third kappa shape index (κ3) is 5.38. The molecular formula is C37H35ClN2O6. The molecule has 0 saturated heterocycles.